The van der Waals surface area contributed by atoms with E-state index in [0.717, 1.165) is 0 Å². The van der Waals surface area contributed by atoms with E-state index in [9.17, 15) is 4.79 Å². The number of hydrogen-bond donors (Lipinski definition) is 1. The fourth-order valence-corrected chi connectivity index (χ4v) is 1.53. The van der Waals surface area contributed by atoms with Gasteiger partial charge in [-0.2, -0.15) is 0 Å². The van der Waals surface area contributed by atoms with Gasteiger partial charge in [0.2, 0.25) is 5.76 Å². The van der Waals surface area contributed by atoms with Gasteiger partial charge in [-0.05, 0) is 18.2 Å². The van der Waals surface area contributed by atoms with Crippen molar-refractivity contribution in [2.45, 2.75) is 0 Å². The lowest BCUT2D eigenvalue weighted by molar-refractivity contribution is 0.0988. The van der Waals surface area contributed by atoms with Crippen LogP contribution in [-0.2, 0) is 0 Å². The summed E-state index contributed by atoms with van der Waals surface area (Å²) in [6.45, 7) is 0. The van der Waals surface area contributed by atoms with Crippen molar-refractivity contribution in [3.05, 3.63) is 41.2 Å². The summed E-state index contributed by atoms with van der Waals surface area (Å²) in [6.07, 6.45) is 1.40. The second-order valence-electron chi connectivity index (χ2n) is 3.18. The highest BCUT2D eigenvalue weighted by Crippen LogP contribution is 2.27. The molecule has 0 spiro atoms. The van der Waals surface area contributed by atoms with Gasteiger partial charge in [0.1, 0.15) is 5.75 Å². The Morgan fingerprint density at radius 2 is 2.29 bits per heavy atom. The van der Waals surface area contributed by atoms with Crippen LogP contribution in [0.5, 0.6) is 5.75 Å². The lowest BCUT2D eigenvalue weighted by atomic mass is 10.3. The molecular formula is C11H9ClN2O3. The van der Waals surface area contributed by atoms with Crippen LogP contribution in [0.3, 0.4) is 0 Å². The highest BCUT2D eigenvalue weighted by molar-refractivity contribution is 6.32. The molecule has 0 bridgehead atoms. The number of halogens is 1. The zero-order chi connectivity index (χ0) is 12.3. The molecule has 1 aromatic carbocycles. The largest absolute Gasteiger partial charge is 0.495 e. The highest BCUT2D eigenvalue weighted by atomic mass is 35.5. The van der Waals surface area contributed by atoms with Crippen molar-refractivity contribution in [3.8, 4) is 5.75 Å². The minimum absolute atomic E-state index is 0.136. The number of nitrogens with one attached hydrogen (secondary N) is 1. The number of aromatic nitrogens is 1. The van der Waals surface area contributed by atoms with E-state index in [1.165, 1.54) is 19.4 Å². The summed E-state index contributed by atoms with van der Waals surface area (Å²) < 4.78 is 9.73. The summed E-state index contributed by atoms with van der Waals surface area (Å²) in [5.41, 5.74) is 0.553. The van der Waals surface area contributed by atoms with Crippen LogP contribution < -0.4 is 10.1 Å². The first kappa shape index (κ1) is 11.5. The monoisotopic (exact) mass is 252 g/mol. The number of carbonyl (C=O) groups is 1. The first-order valence-electron chi connectivity index (χ1n) is 4.76. The lowest BCUT2D eigenvalue weighted by Crippen LogP contribution is -2.10. The van der Waals surface area contributed by atoms with Crippen LogP contribution in [0.1, 0.15) is 10.6 Å². The maximum Gasteiger partial charge on any atom is 0.294 e. The molecule has 2 aromatic rings. The van der Waals surface area contributed by atoms with Gasteiger partial charge in [0.25, 0.3) is 5.91 Å². The summed E-state index contributed by atoms with van der Waals surface area (Å²) in [6, 6.07) is 6.41. The third kappa shape index (κ3) is 2.57. The topological polar surface area (TPSA) is 64.4 Å². The standard InChI is InChI=1S/C11H9ClN2O3/c1-16-9-3-2-7(6-8(9)12)14-11(15)10-4-5-13-17-10/h2-6H,1H3,(H,14,15). The molecule has 0 unspecified atom stereocenters. The normalized spacial score (nSPS) is 10.0. The van der Waals surface area contributed by atoms with E-state index in [0.29, 0.717) is 16.5 Å². The van der Waals surface area contributed by atoms with Gasteiger partial charge in [0.05, 0.1) is 18.3 Å². The Morgan fingerprint density at radius 3 is 2.88 bits per heavy atom. The SMILES string of the molecule is COc1ccc(NC(=O)c2ccno2)cc1Cl. The van der Waals surface area contributed by atoms with Crippen LogP contribution in [0.15, 0.2) is 35.0 Å². The Kier molecular flexibility index (Phi) is 3.30. The van der Waals surface area contributed by atoms with Crippen LogP contribution in [0.2, 0.25) is 5.02 Å². The molecule has 0 fully saturated rings. The van der Waals surface area contributed by atoms with Gasteiger partial charge in [-0.1, -0.05) is 16.8 Å². The number of anilines is 1. The summed E-state index contributed by atoms with van der Waals surface area (Å²) in [5.74, 6) is 0.296. The molecule has 2 rings (SSSR count). The molecule has 1 aromatic heterocycles. The lowest BCUT2D eigenvalue weighted by Gasteiger charge is -2.06. The van der Waals surface area contributed by atoms with E-state index < -0.39 is 0 Å². The van der Waals surface area contributed by atoms with Crippen LogP contribution in [0.25, 0.3) is 0 Å². The van der Waals surface area contributed by atoms with Crippen molar-refractivity contribution in [1.29, 1.82) is 0 Å². The third-order valence-corrected chi connectivity index (χ3v) is 2.37. The molecule has 1 heterocycles. The number of methoxy groups -OCH3 is 1. The predicted octanol–water partition coefficient (Wildman–Crippen LogP) is 2.59. The molecule has 1 amide bonds. The Morgan fingerprint density at radius 1 is 1.47 bits per heavy atom. The van der Waals surface area contributed by atoms with E-state index in [2.05, 4.69) is 10.5 Å². The van der Waals surface area contributed by atoms with E-state index in [1.54, 1.807) is 18.2 Å². The fourth-order valence-electron chi connectivity index (χ4n) is 1.27. The van der Waals surface area contributed by atoms with Gasteiger partial charge >= 0.3 is 0 Å². The minimum Gasteiger partial charge on any atom is -0.495 e. The molecule has 0 radical (unpaired) electrons. The van der Waals surface area contributed by atoms with E-state index in [1.807, 2.05) is 0 Å². The Bertz CT molecular complexity index is 526. The Hall–Kier alpha value is -2.01. The molecule has 0 saturated heterocycles. The Balaban J connectivity index is 2.14. The highest BCUT2D eigenvalue weighted by Gasteiger charge is 2.10. The van der Waals surface area contributed by atoms with Gasteiger partial charge < -0.3 is 14.6 Å². The molecule has 88 valence electrons. The fraction of sp³-hybridized carbons (Fsp3) is 0.0909. The molecule has 5 nitrogen and oxygen atoms in total. The third-order valence-electron chi connectivity index (χ3n) is 2.07. The molecule has 6 heteroatoms. The van der Waals surface area contributed by atoms with Crippen LogP contribution >= 0.6 is 11.6 Å². The van der Waals surface area contributed by atoms with Crippen molar-refractivity contribution >= 4 is 23.2 Å². The Labute approximate surface area is 102 Å². The molecule has 0 atom stereocenters. The minimum atomic E-state index is -0.385. The number of carbonyl (C=O) groups excluding carboxylic acids is 1. The smallest absolute Gasteiger partial charge is 0.294 e. The summed E-state index contributed by atoms with van der Waals surface area (Å²) in [7, 11) is 1.52. The summed E-state index contributed by atoms with van der Waals surface area (Å²) in [4.78, 5) is 11.6. The van der Waals surface area contributed by atoms with Gasteiger partial charge in [0, 0.05) is 11.8 Å². The predicted molar refractivity (Wildman–Crippen MR) is 62.5 cm³/mol. The first-order valence-corrected chi connectivity index (χ1v) is 5.14. The molecule has 0 aliphatic rings. The number of nitrogens with zero attached hydrogens (tertiary/aromatic N) is 1. The van der Waals surface area contributed by atoms with E-state index in [4.69, 9.17) is 20.9 Å². The van der Waals surface area contributed by atoms with Crippen molar-refractivity contribution in [2.24, 2.45) is 0 Å². The maximum atomic E-state index is 11.6. The van der Waals surface area contributed by atoms with Gasteiger partial charge in [-0.25, -0.2) is 0 Å². The number of hydrogen-bond acceptors (Lipinski definition) is 4. The van der Waals surface area contributed by atoms with Crippen LogP contribution in [-0.4, -0.2) is 18.2 Å². The molecule has 1 N–H and O–H groups in total. The zero-order valence-electron chi connectivity index (χ0n) is 8.94. The van der Waals surface area contributed by atoms with E-state index >= 15 is 0 Å². The molecule has 17 heavy (non-hydrogen) atoms. The molecule has 0 saturated carbocycles. The summed E-state index contributed by atoms with van der Waals surface area (Å²) in [5, 5.41) is 6.49. The second-order valence-corrected chi connectivity index (χ2v) is 3.59. The van der Waals surface area contributed by atoms with Crippen molar-refractivity contribution in [1.82, 2.24) is 5.16 Å². The van der Waals surface area contributed by atoms with E-state index in [-0.39, 0.29) is 11.7 Å². The second kappa shape index (κ2) is 4.88. The van der Waals surface area contributed by atoms with Crippen LogP contribution in [0, 0.1) is 0 Å². The van der Waals surface area contributed by atoms with Crippen molar-refractivity contribution < 1.29 is 14.1 Å². The average molecular weight is 253 g/mol. The number of amides is 1. The van der Waals surface area contributed by atoms with Gasteiger partial charge in [-0.15, -0.1) is 0 Å². The molecule has 0 aliphatic carbocycles. The van der Waals surface area contributed by atoms with Crippen LogP contribution in [0.4, 0.5) is 5.69 Å². The molecule has 0 aliphatic heterocycles. The van der Waals surface area contributed by atoms with Gasteiger partial charge in [-0.3, -0.25) is 4.79 Å². The molecular weight excluding hydrogens is 244 g/mol. The number of benzene rings is 1. The van der Waals surface area contributed by atoms with Crippen molar-refractivity contribution in [3.63, 3.8) is 0 Å². The number of rotatable bonds is 3. The average Bonchev–Trinajstić information content (AvgIpc) is 2.82. The van der Waals surface area contributed by atoms with Crippen molar-refractivity contribution in [2.75, 3.05) is 12.4 Å². The summed E-state index contributed by atoms with van der Waals surface area (Å²) >= 11 is 5.93. The zero-order valence-corrected chi connectivity index (χ0v) is 9.69. The first-order chi connectivity index (χ1) is 8.20. The quantitative estimate of drug-likeness (QED) is 0.912. The number of ether oxygens (including phenoxy) is 1. The van der Waals surface area contributed by atoms with Gasteiger partial charge in [0.15, 0.2) is 0 Å². The maximum absolute atomic E-state index is 11.6.